The van der Waals surface area contributed by atoms with Gasteiger partial charge in [0.05, 0.1) is 49.2 Å². The Balaban J connectivity index is 1.55. The zero-order valence-electron chi connectivity index (χ0n) is 33.9. The molecule has 2 heterocycles. The van der Waals surface area contributed by atoms with Gasteiger partial charge in [-0.1, -0.05) is 18.3 Å². The number of Topliss-reactive ketones (excluding diaryl/α,β-unsaturated/α-hetero) is 4. The molecule has 15 nitrogen and oxygen atoms in total. The fraction of sp³-hybridized carbons (Fsp3) is 0.311. The van der Waals surface area contributed by atoms with Crippen LogP contribution in [0.15, 0.2) is 96.1 Å². The van der Waals surface area contributed by atoms with Gasteiger partial charge in [-0.25, -0.2) is 14.4 Å². The Hall–Kier alpha value is -6.71. The SMILES string of the molecule is C=CC(=O)OCC/C(=N\OC(C)=O)C(=O)c1ccc(-n2c3ccc(C(=O)C=NC(CCOC(=O)C=C)C(C)=O)cc3c3cc(C(=O)C(C)(C)N4CCOCC4)ccc32)cc1. The average molecular weight is 819 g/mol. The van der Waals surface area contributed by atoms with E-state index in [1.807, 2.05) is 30.5 Å². The van der Waals surface area contributed by atoms with Crippen LogP contribution in [-0.4, -0.2) is 114 Å². The van der Waals surface area contributed by atoms with Crippen LogP contribution >= 0.6 is 0 Å². The number of esters is 2. The molecule has 60 heavy (non-hydrogen) atoms. The van der Waals surface area contributed by atoms with Gasteiger partial charge in [-0.2, -0.15) is 0 Å². The van der Waals surface area contributed by atoms with Gasteiger partial charge in [0.25, 0.3) is 0 Å². The maximum absolute atomic E-state index is 14.2. The zero-order valence-corrected chi connectivity index (χ0v) is 33.9. The van der Waals surface area contributed by atoms with Crippen molar-refractivity contribution < 1.29 is 52.6 Å². The molecule has 1 fully saturated rings. The van der Waals surface area contributed by atoms with Crippen LogP contribution in [0.3, 0.4) is 0 Å². The molecule has 4 aromatic rings. The summed E-state index contributed by atoms with van der Waals surface area (Å²) in [7, 11) is 0. The first-order chi connectivity index (χ1) is 28.7. The molecule has 0 radical (unpaired) electrons. The van der Waals surface area contributed by atoms with Gasteiger partial charge in [0.2, 0.25) is 11.6 Å². The predicted molar refractivity (Wildman–Crippen MR) is 224 cm³/mol. The van der Waals surface area contributed by atoms with E-state index in [0.29, 0.717) is 59.4 Å². The van der Waals surface area contributed by atoms with Crippen molar-refractivity contribution in [3.8, 4) is 5.69 Å². The van der Waals surface area contributed by atoms with E-state index in [1.54, 1.807) is 48.5 Å². The minimum absolute atomic E-state index is 0.0820. The minimum atomic E-state index is -0.908. The lowest BCUT2D eigenvalue weighted by atomic mass is 9.90. The quantitative estimate of drug-likeness (QED) is 0.0284. The van der Waals surface area contributed by atoms with E-state index >= 15 is 0 Å². The topological polar surface area (TPSA) is 189 Å². The van der Waals surface area contributed by atoms with Gasteiger partial charge in [0.15, 0.2) is 11.6 Å². The third-order valence-corrected chi connectivity index (χ3v) is 10.00. The molecule has 1 saturated heterocycles. The molecule has 3 aromatic carbocycles. The average Bonchev–Trinajstić information content (AvgIpc) is 3.58. The van der Waals surface area contributed by atoms with E-state index in [0.717, 1.165) is 25.3 Å². The van der Waals surface area contributed by atoms with Crippen molar-refractivity contribution in [3.05, 3.63) is 103 Å². The monoisotopic (exact) mass is 818 g/mol. The van der Waals surface area contributed by atoms with Crippen molar-refractivity contribution in [1.82, 2.24) is 9.47 Å². The second kappa shape index (κ2) is 19.8. The van der Waals surface area contributed by atoms with Gasteiger partial charge < -0.3 is 23.6 Å². The number of nitrogens with zero attached hydrogens (tertiary/aromatic N) is 4. The van der Waals surface area contributed by atoms with Gasteiger partial charge >= 0.3 is 17.9 Å². The normalized spacial score (nSPS) is 14.1. The Morgan fingerprint density at radius 1 is 0.800 bits per heavy atom. The lowest BCUT2D eigenvalue weighted by Crippen LogP contribution is -2.54. The summed E-state index contributed by atoms with van der Waals surface area (Å²) in [6.45, 7) is 14.9. The highest BCUT2D eigenvalue weighted by Crippen LogP contribution is 2.35. The van der Waals surface area contributed by atoms with E-state index in [9.17, 15) is 33.6 Å². The van der Waals surface area contributed by atoms with E-state index in [1.165, 1.54) is 6.92 Å². The Kier molecular flexibility index (Phi) is 14.7. The summed E-state index contributed by atoms with van der Waals surface area (Å²) >= 11 is 0. The van der Waals surface area contributed by atoms with Gasteiger partial charge in [-0.15, -0.1) is 0 Å². The van der Waals surface area contributed by atoms with E-state index in [2.05, 4.69) is 28.2 Å². The van der Waals surface area contributed by atoms with Crippen LogP contribution in [0.25, 0.3) is 27.5 Å². The molecule has 312 valence electrons. The molecule has 1 aliphatic rings. The molecular formula is C45H46N4O11. The van der Waals surface area contributed by atoms with Crippen LogP contribution < -0.4 is 0 Å². The summed E-state index contributed by atoms with van der Waals surface area (Å²) in [4.78, 5) is 99.1. The van der Waals surface area contributed by atoms with Crippen molar-refractivity contribution in [2.45, 2.75) is 52.1 Å². The van der Waals surface area contributed by atoms with Crippen molar-refractivity contribution in [2.24, 2.45) is 10.1 Å². The van der Waals surface area contributed by atoms with Crippen LogP contribution in [0.1, 0.15) is 71.6 Å². The lowest BCUT2D eigenvalue weighted by molar-refractivity contribution is -0.141. The molecule has 0 amide bonds. The van der Waals surface area contributed by atoms with Crippen molar-refractivity contribution in [1.29, 1.82) is 0 Å². The van der Waals surface area contributed by atoms with Crippen LogP contribution in [-0.2, 0) is 38.2 Å². The van der Waals surface area contributed by atoms with Crippen molar-refractivity contribution in [2.75, 3.05) is 39.5 Å². The van der Waals surface area contributed by atoms with E-state index in [-0.39, 0.29) is 54.5 Å². The summed E-state index contributed by atoms with van der Waals surface area (Å²) < 4.78 is 17.4. The molecule has 1 unspecified atom stereocenters. The first kappa shape index (κ1) is 44.4. The third-order valence-electron chi connectivity index (χ3n) is 10.00. The number of benzene rings is 3. The number of morpholine rings is 1. The van der Waals surface area contributed by atoms with Crippen LogP contribution in [0.4, 0.5) is 0 Å². The molecule has 15 heteroatoms. The maximum atomic E-state index is 14.2. The molecular weight excluding hydrogens is 773 g/mol. The summed E-state index contributed by atoms with van der Waals surface area (Å²) in [6, 6.07) is 16.2. The number of ether oxygens (including phenoxy) is 3. The third kappa shape index (κ3) is 10.5. The number of hydrogen-bond acceptors (Lipinski definition) is 14. The highest BCUT2D eigenvalue weighted by molar-refractivity contribution is 6.46. The van der Waals surface area contributed by atoms with Crippen molar-refractivity contribution >= 4 is 74.8 Å². The van der Waals surface area contributed by atoms with E-state index in [4.69, 9.17) is 19.0 Å². The summed E-state index contributed by atoms with van der Waals surface area (Å²) in [5.41, 5.74) is 2.00. The molecule has 0 spiro atoms. The highest BCUT2D eigenvalue weighted by atomic mass is 16.7. The summed E-state index contributed by atoms with van der Waals surface area (Å²) in [5, 5.41) is 5.03. The molecule has 1 aliphatic heterocycles. The standard InChI is InChI=1S/C45H46N4O11/c1-7-41(53)58-21-17-36(28(3)50)46-27-40(52)31-11-15-38-34(25-31)35-26-32(44(56)45(5,6)48-19-23-57-24-20-48)12-16-39(35)49(38)33-13-9-30(10-14-33)43(55)37(47-60-29(4)51)18-22-59-42(54)8-2/h7-16,25-27,36H,1-2,17-24H2,3-6H3/b46-27?,47-37+. The molecule has 0 saturated carbocycles. The molecule has 0 N–H and O–H groups in total. The number of fused-ring (bicyclic) bond motifs is 3. The van der Waals surface area contributed by atoms with Gasteiger partial charge in [-0.05, 0) is 81.4 Å². The Morgan fingerprint density at radius 3 is 1.95 bits per heavy atom. The summed E-state index contributed by atoms with van der Waals surface area (Å²) in [6.07, 6.45) is 3.03. The van der Waals surface area contributed by atoms with Gasteiger partial charge in [0, 0.05) is 78.2 Å². The Bertz CT molecular complexity index is 2420. The molecule has 0 bridgehead atoms. The number of hydrogen-bond donors (Lipinski definition) is 0. The molecule has 0 aliphatic carbocycles. The van der Waals surface area contributed by atoms with Crippen molar-refractivity contribution in [3.63, 3.8) is 0 Å². The minimum Gasteiger partial charge on any atom is -0.462 e. The largest absolute Gasteiger partial charge is 0.462 e. The first-order valence-corrected chi connectivity index (χ1v) is 19.2. The van der Waals surface area contributed by atoms with Gasteiger partial charge in [0.1, 0.15) is 11.8 Å². The lowest BCUT2D eigenvalue weighted by Gasteiger charge is -2.39. The molecule has 5 rings (SSSR count). The fourth-order valence-electron chi connectivity index (χ4n) is 6.72. The van der Waals surface area contributed by atoms with Crippen LogP contribution in [0.5, 0.6) is 0 Å². The fourth-order valence-corrected chi connectivity index (χ4v) is 6.72. The van der Waals surface area contributed by atoms with Crippen LogP contribution in [0, 0.1) is 0 Å². The Labute approximate surface area is 346 Å². The number of aromatic nitrogens is 1. The van der Waals surface area contributed by atoms with Crippen LogP contribution in [0.2, 0.25) is 0 Å². The number of rotatable bonds is 19. The van der Waals surface area contributed by atoms with Gasteiger partial charge in [-0.3, -0.25) is 29.1 Å². The summed E-state index contributed by atoms with van der Waals surface area (Å²) in [5.74, 6) is -3.48. The van der Waals surface area contributed by atoms with E-state index < -0.39 is 41.1 Å². The number of aliphatic imine (C=N–C) groups is 1. The number of oxime groups is 1. The highest BCUT2D eigenvalue weighted by Gasteiger charge is 2.36. The molecule has 1 atom stereocenters. The zero-order chi connectivity index (χ0) is 43.6. The number of carbonyl (C=O) groups is 7. The maximum Gasteiger partial charge on any atom is 0.331 e. The second-order valence-corrected chi connectivity index (χ2v) is 14.3. The second-order valence-electron chi connectivity index (χ2n) is 14.3. The smallest absolute Gasteiger partial charge is 0.331 e. The predicted octanol–water partition coefficient (Wildman–Crippen LogP) is 5.63. The first-order valence-electron chi connectivity index (χ1n) is 19.2. The number of carbonyl (C=O) groups excluding carboxylic acids is 7. The number of ketones is 4. The Morgan fingerprint density at radius 2 is 1.37 bits per heavy atom. The molecule has 1 aromatic heterocycles.